The second-order valence-electron chi connectivity index (χ2n) is 8.64. The van der Waals surface area contributed by atoms with Crippen LogP contribution in [0.5, 0.6) is 5.75 Å². The van der Waals surface area contributed by atoms with Crippen LogP contribution in [0.2, 0.25) is 0 Å². The van der Waals surface area contributed by atoms with Crippen LogP contribution in [-0.4, -0.2) is 49.2 Å². The molecular weight excluding hydrogens is 503 g/mol. The van der Waals surface area contributed by atoms with E-state index in [1.54, 1.807) is 7.11 Å². The lowest BCUT2D eigenvalue weighted by Gasteiger charge is -2.37. The van der Waals surface area contributed by atoms with Gasteiger partial charge in [0.05, 0.1) is 22.9 Å². The predicted molar refractivity (Wildman–Crippen MR) is 139 cm³/mol. The molecule has 0 unspecified atom stereocenters. The Bertz CT molecular complexity index is 1430. The Morgan fingerprint density at radius 3 is 2.41 bits per heavy atom. The molecule has 3 heterocycles. The molecule has 2 aromatic heterocycles. The van der Waals surface area contributed by atoms with Crippen LogP contribution in [0.1, 0.15) is 20.8 Å². The number of hydrogen-bond acceptors (Lipinski definition) is 7. The van der Waals surface area contributed by atoms with Gasteiger partial charge in [0.25, 0.3) is 5.91 Å². The quantitative estimate of drug-likeness (QED) is 0.364. The topological polar surface area (TPSA) is 70.6 Å². The van der Waals surface area contributed by atoms with E-state index in [0.717, 1.165) is 61.0 Å². The van der Waals surface area contributed by atoms with Crippen molar-refractivity contribution in [2.45, 2.75) is 13.1 Å². The van der Waals surface area contributed by atoms with Gasteiger partial charge in [-0.2, -0.15) is 13.2 Å². The Morgan fingerprint density at radius 2 is 1.73 bits per heavy atom. The minimum atomic E-state index is -4.49. The molecule has 0 atom stereocenters. The molecule has 2 aromatic carbocycles. The zero-order valence-electron chi connectivity index (χ0n) is 20.2. The van der Waals surface area contributed by atoms with Gasteiger partial charge >= 0.3 is 6.18 Å². The summed E-state index contributed by atoms with van der Waals surface area (Å²) in [5.74, 6) is 1.09. The highest BCUT2D eigenvalue weighted by molar-refractivity contribution is 7.20. The number of rotatable bonds is 5. The number of thiophene rings is 1. The van der Waals surface area contributed by atoms with E-state index in [1.165, 1.54) is 29.8 Å². The van der Waals surface area contributed by atoms with E-state index in [9.17, 15) is 18.0 Å². The minimum Gasteiger partial charge on any atom is -0.497 e. The molecular formula is C26H24F3N5O2S. The average Bonchev–Trinajstić information content (AvgIpc) is 3.25. The van der Waals surface area contributed by atoms with Gasteiger partial charge < -0.3 is 19.9 Å². The molecule has 1 saturated heterocycles. The summed E-state index contributed by atoms with van der Waals surface area (Å²) in [6.45, 7) is 4.88. The Balaban J connectivity index is 1.35. The number of methoxy groups -OCH3 is 1. The fraction of sp³-hybridized carbons (Fsp3) is 0.269. The number of hydrogen-bond donors (Lipinski definition) is 1. The van der Waals surface area contributed by atoms with E-state index < -0.39 is 17.6 Å². The molecule has 0 radical (unpaired) electrons. The summed E-state index contributed by atoms with van der Waals surface area (Å²) in [5.41, 5.74) is 1.09. The summed E-state index contributed by atoms with van der Waals surface area (Å²) in [7, 11) is 1.64. The van der Waals surface area contributed by atoms with Gasteiger partial charge in [-0.3, -0.25) is 4.79 Å². The first-order valence-electron chi connectivity index (χ1n) is 11.6. The van der Waals surface area contributed by atoms with E-state index in [1.807, 2.05) is 31.2 Å². The maximum absolute atomic E-state index is 13.1. The predicted octanol–water partition coefficient (Wildman–Crippen LogP) is 5.61. The fourth-order valence-electron chi connectivity index (χ4n) is 4.44. The first-order valence-corrected chi connectivity index (χ1v) is 12.4. The molecule has 1 N–H and O–H groups in total. The van der Waals surface area contributed by atoms with Gasteiger partial charge in [-0.05, 0) is 55.0 Å². The monoisotopic (exact) mass is 527 g/mol. The summed E-state index contributed by atoms with van der Waals surface area (Å²) in [6.07, 6.45) is -3.01. The molecule has 7 nitrogen and oxygen atoms in total. The van der Waals surface area contributed by atoms with Crippen molar-refractivity contribution in [3.63, 3.8) is 0 Å². The van der Waals surface area contributed by atoms with E-state index in [4.69, 9.17) is 4.74 Å². The highest BCUT2D eigenvalue weighted by atomic mass is 32.1. The van der Waals surface area contributed by atoms with Gasteiger partial charge in [-0.25, -0.2) is 9.97 Å². The first-order chi connectivity index (χ1) is 17.7. The molecule has 37 heavy (non-hydrogen) atoms. The van der Waals surface area contributed by atoms with Crippen LogP contribution < -0.4 is 19.9 Å². The van der Waals surface area contributed by atoms with Crippen molar-refractivity contribution in [3.8, 4) is 5.75 Å². The second-order valence-corrected chi connectivity index (χ2v) is 9.64. The molecule has 1 aliphatic heterocycles. The van der Waals surface area contributed by atoms with Gasteiger partial charge in [-0.1, -0.05) is 6.07 Å². The SMILES string of the molecule is COc1ccc(N2CCN(c3ncnc4sc(C(=O)Nc5cccc(C(F)(F)F)c5)c(C)c34)CC2)cc1. The third kappa shape index (κ3) is 5.04. The van der Waals surface area contributed by atoms with E-state index in [2.05, 4.69) is 25.1 Å². The van der Waals surface area contributed by atoms with Crippen LogP contribution in [0.15, 0.2) is 54.9 Å². The molecule has 1 aliphatic rings. The van der Waals surface area contributed by atoms with Crippen molar-refractivity contribution < 1.29 is 22.7 Å². The van der Waals surface area contributed by atoms with Crippen molar-refractivity contribution in [2.24, 2.45) is 0 Å². The standard InChI is InChI=1S/C26H24F3N5O2S/c1-16-21-23(34-12-10-33(11-13-34)19-6-8-20(36-2)9-7-19)30-15-31-25(21)37-22(16)24(35)32-18-5-3-4-17(14-18)26(27,28)29/h3-9,14-15H,10-13H2,1-2H3,(H,32,35). The smallest absolute Gasteiger partial charge is 0.416 e. The molecule has 11 heteroatoms. The summed E-state index contributed by atoms with van der Waals surface area (Å²) in [5, 5.41) is 3.39. The second kappa shape index (κ2) is 9.89. The highest BCUT2D eigenvalue weighted by Gasteiger charge is 2.31. The number of piperazine rings is 1. The molecule has 192 valence electrons. The largest absolute Gasteiger partial charge is 0.497 e. The Labute approximate surface area is 215 Å². The lowest BCUT2D eigenvalue weighted by molar-refractivity contribution is -0.137. The third-order valence-electron chi connectivity index (χ3n) is 6.38. The number of benzene rings is 2. The summed E-state index contributed by atoms with van der Waals surface area (Å²) < 4.78 is 44.4. The van der Waals surface area contributed by atoms with Gasteiger partial charge in [0.15, 0.2) is 0 Å². The number of alkyl halides is 3. The fourth-order valence-corrected chi connectivity index (χ4v) is 5.48. The summed E-state index contributed by atoms with van der Waals surface area (Å²) in [6, 6.07) is 12.6. The number of nitrogens with one attached hydrogen (secondary N) is 1. The van der Waals surface area contributed by atoms with Crippen LogP contribution in [0.3, 0.4) is 0 Å². The molecule has 0 spiro atoms. The van der Waals surface area contributed by atoms with Gasteiger partial charge in [0, 0.05) is 37.6 Å². The van der Waals surface area contributed by atoms with Crippen molar-refractivity contribution in [1.29, 1.82) is 0 Å². The van der Waals surface area contributed by atoms with Crippen LogP contribution in [-0.2, 0) is 6.18 Å². The normalized spacial score (nSPS) is 14.2. The van der Waals surface area contributed by atoms with Crippen molar-refractivity contribution in [1.82, 2.24) is 9.97 Å². The molecule has 0 bridgehead atoms. The molecule has 0 aliphatic carbocycles. The van der Waals surface area contributed by atoms with Crippen molar-refractivity contribution in [3.05, 3.63) is 70.9 Å². The third-order valence-corrected chi connectivity index (χ3v) is 7.58. The van der Waals surface area contributed by atoms with Crippen molar-refractivity contribution >= 4 is 44.7 Å². The van der Waals surface area contributed by atoms with Crippen LogP contribution >= 0.6 is 11.3 Å². The van der Waals surface area contributed by atoms with E-state index in [-0.39, 0.29) is 5.69 Å². The maximum Gasteiger partial charge on any atom is 0.416 e. The molecule has 4 aromatic rings. The van der Waals surface area contributed by atoms with Gasteiger partial charge in [-0.15, -0.1) is 11.3 Å². The van der Waals surface area contributed by atoms with Crippen molar-refractivity contribution in [2.75, 3.05) is 48.4 Å². The van der Waals surface area contributed by atoms with E-state index in [0.29, 0.717) is 15.3 Å². The van der Waals surface area contributed by atoms with Crippen LogP contribution in [0.4, 0.5) is 30.4 Å². The van der Waals surface area contributed by atoms with Gasteiger partial charge in [0.2, 0.25) is 0 Å². The number of nitrogens with zero attached hydrogens (tertiary/aromatic N) is 4. The minimum absolute atomic E-state index is 0.0812. The lowest BCUT2D eigenvalue weighted by Crippen LogP contribution is -2.46. The maximum atomic E-state index is 13.1. The van der Waals surface area contributed by atoms with E-state index >= 15 is 0 Å². The molecule has 0 saturated carbocycles. The number of amides is 1. The number of halogens is 3. The summed E-state index contributed by atoms with van der Waals surface area (Å²) >= 11 is 1.21. The highest BCUT2D eigenvalue weighted by Crippen LogP contribution is 2.36. The number of carbonyl (C=O) groups excluding carboxylic acids is 1. The Kier molecular flexibility index (Phi) is 6.63. The number of ether oxygens (including phenoxy) is 1. The number of aromatic nitrogens is 2. The Morgan fingerprint density at radius 1 is 1.03 bits per heavy atom. The Hall–Kier alpha value is -3.86. The van der Waals surface area contributed by atoms with Crippen LogP contribution in [0.25, 0.3) is 10.2 Å². The van der Waals surface area contributed by atoms with Gasteiger partial charge in [0.1, 0.15) is 22.7 Å². The first kappa shape index (κ1) is 24.8. The van der Waals surface area contributed by atoms with Crippen LogP contribution in [0, 0.1) is 6.92 Å². The number of anilines is 3. The zero-order valence-corrected chi connectivity index (χ0v) is 21.0. The summed E-state index contributed by atoms with van der Waals surface area (Å²) in [4.78, 5) is 27.5. The number of fused-ring (bicyclic) bond motifs is 1. The number of carbonyl (C=O) groups is 1. The molecule has 5 rings (SSSR count). The molecule has 1 amide bonds. The lowest BCUT2D eigenvalue weighted by atomic mass is 10.1. The zero-order chi connectivity index (χ0) is 26.2. The average molecular weight is 528 g/mol. The number of aryl methyl sites for hydroxylation is 1. The molecule has 1 fully saturated rings.